The summed E-state index contributed by atoms with van der Waals surface area (Å²) >= 11 is 0. The fourth-order valence-electron chi connectivity index (χ4n) is 1.95. The lowest BCUT2D eigenvalue weighted by Crippen LogP contribution is -2.37. The highest BCUT2D eigenvalue weighted by molar-refractivity contribution is 6.65. The first-order valence-electron chi connectivity index (χ1n) is 6.94. The minimum Gasteiger partial charge on any atom is -0.398 e. The van der Waals surface area contributed by atoms with Crippen molar-refractivity contribution in [1.82, 2.24) is 9.80 Å². The molecule has 4 nitrogen and oxygen atoms in total. The first-order valence-corrected chi connectivity index (χ1v) is 9.47. The largest absolute Gasteiger partial charge is 0.398 e. The second-order valence-electron chi connectivity index (χ2n) is 5.24. The third-order valence-corrected chi connectivity index (χ3v) is 6.48. The van der Waals surface area contributed by atoms with Crippen LogP contribution in [0.3, 0.4) is 0 Å². The molecule has 0 unspecified atom stereocenters. The van der Waals surface area contributed by atoms with E-state index in [-0.39, 0.29) is 0 Å². The van der Waals surface area contributed by atoms with Gasteiger partial charge in [-0.15, -0.1) is 0 Å². The van der Waals surface area contributed by atoms with Crippen molar-refractivity contribution in [3.05, 3.63) is 0 Å². The van der Waals surface area contributed by atoms with Gasteiger partial charge in [0.25, 0.3) is 0 Å². The number of hydrogen-bond acceptors (Lipinski definition) is 4. The maximum Gasteiger partial charge on any atom is 0.334 e. The van der Waals surface area contributed by atoms with E-state index < -0.39 is 8.56 Å². The molecule has 5 heteroatoms. The van der Waals surface area contributed by atoms with Gasteiger partial charge < -0.3 is 18.7 Å². The SMILES string of the molecule is CCN(CCCN(C)C)CCC[Si](C)(OC)OC. The average molecular weight is 276 g/mol. The molecule has 0 fully saturated rings. The second-order valence-corrected chi connectivity index (χ2v) is 8.82. The number of rotatable bonds is 11. The summed E-state index contributed by atoms with van der Waals surface area (Å²) in [6, 6.07) is 1.07. The molecule has 0 heterocycles. The van der Waals surface area contributed by atoms with Gasteiger partial charge in [0.1, 0.15) is 0 Å². The van der Waals surface area contributed by atoms with Crippen molar-refractivity contribution < 1.29 is 8.85 Å². The molecular formula is C13H32N2O2Si. The first kappa shape index (κ1) is 18.1. The first-order chi connectivity index (χ1) is 8.47. The van der Waals surface area contributed by atoms with Crippen LogP contribution in [0.2, 0.25) is 12.6 Å². The lowest BCUT2D eigenvalue weighted by Gasteiger charge is -2.25. The van der Waals surface area contributed by atoms with E-state index in [4.69, 9.17) is 8.85 Å². The molecule has 0 amide bonds. The predicted molar refractivity (Wildman–Crippen MR) is 80.3 cm³/mol. The van der Waals surface area contributed by atoms with E-state index >= 15 is 0 Å². The van der Waals surface area contributed by atoms with Gasteiger partial charge >= 0.3 is 8.56 Å². The van der Waals surface area contributed by atoms with Crippen LogP contribution in [0.25, 0.3) is 0 Å². The van der Waals surface area contributed by atoms with Crippen LogP contribution >= 0.6 is 0 Å². The van der Waals surface area contributed by atoms with Crippen molar-refractivity contribution in [1.29, 1.82) is 0 Å². The zero-order valence-electron chi connectivity index (χ0n) is 13.2. The molecule has 0 aliphatic rings. The Morgan fingerprint density at radius 3 is 1.94 bits per heavy atom. The predicted octanol–water partition coefficient (Wildman–Crippen LogP) is 2.01. The van der Waals surface area contributed by atoms with E-state index in [1.54, 1.807) is 14.2 Å². The zero-order chi connectivity index (χ0) is 14.0. The Morgan fingerprint density at radius 1 is 0.944 bits per heavy atom. The van der Waals surface area contributed by atoms with Crippen molar-refractivity contribution in [3.63, 3.8) is 0 Å². The van der Waals surface area contributed by atoms with Gasteiger partial charge in [-0.05, 0) is 65.7 Å². The van der Waals surface area contributed by atoms with Gasteiger partial charge in [-0.2, -0.15) is 0 Å². The summed E-state index contributed by atoms with van der Waals surface area (Å²) in [6.07, 6.45) is 2.41. The summed E-state index contributed by atoms with van der Waals surface area (Å²) in [5.74, 6) is 0. The lowest BCUT2D eigenvalue weighted by atomic mass is 10.3. The zero-order valence-corrected chi connectivity index (χ0v) is 14.2. The van der Waals surface area contributed by atoms with Crippen LogP contribution < -0.4 is 0 Å². The Labute approximate surface area is 114 Å². The smallest absolute Gasteiger partial charge is 0.334 e. The third kappa shape index (κ3) is 8.21. The molecule has 18 heavy (non-hydrogen) atoms. The van der Waals surface area contributed by atoms with Crippen LogP contribution in [0.15, 0.2) is 0 Å². The van der Waals surface area contributed by atoms with Gasteiger partial charge in [-0.3, -0.25) is 0 Å². The van der Waals surface area contributed by atoms with E-state index in [1.165, 1.54) is 25.9 Å². The number of hydrogen-bond donors (Lipinski definition) is 0. The van der Waals surface area contributed by atoms with Gasteiger partial charge in [0, 0.05) is 14.2 Å². The minimum absolute atomic E-state index is 1.07. The molecule has 0 aromatic carbocycles. The fraction of sp³-hybridized carbons (Fsp3) is 1.00. The Hall–Kier alpha value is 0.0569. The summed E-state index contributed by atoms with van der Waals surface area (Å²) in [5, 5.41) is 0. The van der Waals surface area contributed by atoms with Gasteiger partial charge in [-0.25, -0.2) is 0 Å². The van der Waals surface area contributed by atoms with Crippen LogP contribution in [-0.2, 0) is 8.85 Å². The molecule has 0 radical (unpaired) electrons. The molecule has 0 aromatic heterocycles. The van der Waals surface area contributed by atoms with Crippen LogP contribution in [0.1, 0.15) is 19.8 Å². The molecule has 110 valence electrons. The summed E-state index contributed by atoms with van der Waals surface area (Å²) in [4.78, 5) is 4.76. The highest BCUT2D eigenvalue weighted by Crippen LogP contribution is 2.14. The van der Waals surface area contributed by atoms with Crippen molar-refractivity contribution in [2.45, 2.75) is 32.4 Å². The quantitative estimate of drug-likeness (QED) is 0.539. The molecule has 0 aliphatic heterocycles. The monoisotopic (exact) mass is 276 g/mol. The normalized spacial score (nSPS) is 12.7. The highest BCUT2D eigenvalue weighted by atomic mass is 28.4. The number of nitrogens with zero attached hydrogens (tertiary/aromatic N) is 2. The molecule has 0 rings (SSSR count). The summed E-state index contributed by atoms with van der Waals surface area (Å²) in [5.41, 5.74) is 0. The lowest BCUT2D eigenvalue weighted by molar-refractivity contribution is 0.237. The molecule has 0 aromatic rings. The molecular weight excluding hydrogens is 244 g/mol. The van der Waals surface area contributed by atoms with Crippen molar-refractivity contribution in [2.24, 2.45) is 0 Å². The highest BCUT2D eigenvalue weighted by Gasteiger charge is 2.27. The molecule has 0 aliphatic carbocycles. The maximum absolute atomic E-state index is 5.51. The standard InChI is InChI=1S/C13H32N2O2Si/c1-7-15(11-8-10-14(2)3)12-9-13-18(6,16-4)17-5/h7-13H2,1-6H3. The Kier molecular flexibility index (Phi) is 9.95. The van der Waals surface area contributed by atoms with E-state index in [2.05, 4.69) is 37.4 Å². The van der Waals surface area contributed by atoms with Crippen LogP contribution in [-0.4, -0.2) is 72.9 Å². The van der Waals surface area contributed by atoms with Crippen molar-refractivity contribution in [2.75, 3.05) is 54.5 Å². The molecule has 0 spiro atoms. The maximum atomic E-state index is 5.51. The topological polar surface area (TPSA) is 24.9 Å². The van der Waals surface area contributed by atoms with Gasteiger partial charge in [-0.1, -0.05) is 6.92 Å². The summed E-state index contributed by atoms with van der Waals surface area (Å²) in [6.45, 7) is 9.01. The summed E-state index contributed by atoms with van der Waals surface area (Å²) in [7, 11) is 5.93. The van der Waals surface area contributed by atoms with Crippen LogP contribution in [0, 0.1) is 0 Å². The molecule has 0 saturated heterocycles. The summed E-state index contributed by atoms with van der Waals surface area (Å²) < 4.78 is 11.0. The van der Waals surface area contributed by atoms with Gasteiger partial charge in [0.05, 0.1) is 0 Å². The Balaban J connectivity index is 3.79. The molecule has 0 atom stereocenters. The van der Waals surface area contributed by atoms with E-state index in [1.807, 2.05) is 0 Å². The Bertz CT molecular complexity index is 199. The van der Waals surface area contributed by atoms with Crippen molar-refractivity contribution in [3.8, 4) is 0 Å². The molecule has 0 saturated carbocycles. The van der Waals surface area contributed by atoms with E-state index in [9.17, 15) is 0 Å². The minimum atomic E-state index is -1.86. The van der Waals surface area contributed by atoms with E-state index in [0.29, 0.717) is 0 Å². The third-order valence-electron chi connectivity index (χ3n) is 3.50. The molecule has 0 N–H and O–H groups in total. The van der Waals surface area contributed by atoms with Gasteiger partial charge in [0.15, 0.2) is 0 Å². The second kappa shape index (κ2) is 9.92. The van der Waals surface area contributed by atoms with E-state index in [0.717, 1.165) is 19.1 Å². The average Bonchev–Trinajstić information content (AvgIpc) is 2.36. The molecule has 0 bridgehead atoms. The van der Waals surface area contributed by atoms with Gasteiger partial charge in [0.2, 0.25) is 0 Å². The fourth-order valence-corrected chi connectivity index (χ4v) is 3.33. The Morgan fingerprint density at radius 2 is 1.50 bits per heavy atom. The van der Waals surface area contributed by atoms with Crippen LogP contribution in [0.5, 0.6) is 0 Å². The van der Waals surface area contributed by atoms with Crippen LogP contribution in [0.4, 0.5) is 0 Å². The van der Waals surface area contributed by atoms with Crippen molar-refractivity contribution >= 4 is 8.56 Å².